The third-order valence-corrected chi connectivity index (χ3v) is 4.97. The van der Waals surface area contributed by atoms with Crippen LogP contribution in [-0.4, -0.2) is 65.1 Å². The van der Waals surface area contributed by atoms with Crippen LogP contribution in [0.25, 0.3) is 6.08 Å². The van der Waals surface area contributed by atoms with Crippen molar-refractivity contribution in [3.05, 3.63) is 42.0 Å². The van der Waals surface area contributed by atoms with Gasteiger partial charge in [-0.25, -0.2) is 8.78 Å². The average Bonchev–Trinajstić information content (AvgIpc) is 2.98. The summed E-state index contributed by atoms with van der Waals surface area (Å²) >= 11 is 0. The third-order valence-electron chi connectivity index (χ3n) is 4.97. The van der Waals surface area contributed by atoms with E-state index in [0.717, 1.165) is 5.56 Å². The van der Waals surface area contributed by atoms with Gasteiger partial charge in [-0.3, -0.25) is 9.69 Å². The molecule has 3 rings (SSSR count). The predicted octanol–water partition coefficient (Wildman–Crippen LogP) is 2.39. The molecule has 1 amide bonds. The number of rotatable bonds is 4. The van der Waals surface area contributed by atoms with Gasteiger partial charge in [0.25, 0.3) is 5.92 Å². The Morgan fingerprint density at radius 1 is 1.12 bits per heavy atom. The zero-order valence-electron chi connectivity index (χ0n) is 14.2. The molecule has 4 nitrogen and oxygen atoms in total. The van der Waals surface area contributed by atoms with Crippen LogP contribution in [0, 0.1) is 0 Å². The largest absolute Gasteiger partial charge is 0.387 e. The van der Waals surface area contributed by atoms with Gasteiger partial charge in [-0.2, -0.15) is 0 Å². The molecule has 1 aromatic carbocycles. The number of carbonyl (C=O) groups excluding carboxylic acids is 1. The van der Waals surface area contributed by atoms with Gasteiger partial charge < -0.3 is 10.0 Å². The van der Waals surface area contributed by atoms with Crippen LogP contribution >= 0.6 is 0 Å². The van der Waals surface area contributed by atoms with Crippen LogP contribution in [0.4, 0.5) is 8.78 Å². The van der Waals surface area contributed by atoms with Crippen molar-refractivity contribution in [2.24, 2.45) is 0 Å². The lowest BCUT2D eigenvalue weighted by molar-refractivity contribution is -0.126. The van der Waals surface area contributed by atoms with Gasteiger partial charge in [-0.05, 0) is 18.1 Å². The van der Waals surface area contributed by atoms with E-state index >= 15 is 0 Å². The number of halogens is 2. The summed E-state index contributed by atoms with van der Waals surface area (Å²) in [5, 5.41) is 10.7. The molecule has 2 aliphatic rings. The summed E-state index contributed by atoms with van der Waals surface area (Å²) in [6.45, 7) is 1.65. The highest BCUT2D eigenvalue weighted by Crippen LogP contribution is 2.30. The zero-order chi connectivity index (χ0) is 17.9. The molecular weight excluding hydrogens is 326 g/mol. The van der Waals surface area contributed by atoms with Crippen LogP contribution < -0.4 is 0 Å². The van der Waals surface area contributed by atoms with Gasteiger partial charge in [0.2, 0.25) is 5.91 Å². The second-order valence-electron chi connectivity index (χ2n) is 7.11. The summed E-state index contributed by atoms with van der Waals surface area (Å²) in [6, 6.07) is 9.55. The number of aliphatic hydroxyl groups is 1. The lowest BCUT2D eigenvalue weighted by atomic mass is 10.00. The first-order valence-corrected chi connectivity index (χ1v) is 8.70. The van der Waals surface area contributed by atoms with Crippen molar-refractivity contribution in [1.29, 1.82) is 0 Å². The van der Waals surface area contributed by atoms with Crippen molar-refractivity contribution in [3.63, 3.8) is 0 Å². The molecule has 2 fully saturated rings. The smallest absolute Gasteiger partial charge is 0.250 e. The SMILES string of the molecule is O=C(/C=C/c1ccccc1)N1CC[C@](O)(CN2CCC(F)(F)CC2)C1. The zero-order valence-corrected chi connectivity index (χ0v) is 14.2. The van der Waals surface area contributed by atoms with Gasteiger partial charge in [0, 0.05) is 45.1 Å². The fourth-order valence-corrected chi connectivity index (χ4v) is 3.47. The molecule has 2 heterocycles. The maximum atomic E-state index is 13.2. The van der Waals surface area contributed by atoms with Crippen LogP contribution in [0.15, 0.2) is 36.4 Å². The summed E-state index contributed by atoms with van der Waals surface area (Å²) < 4.78 is 26.5. The number of carbonyl (C=O) groups is 1. The summed E-state index contributed by atoms with van der Waals surface area (Å²) in [6.07, 6.45) is 3.43. The molecule has 2 saturated heterocycles. The Hall–Kier alpha value is -1.79. The Morgan fingerprint density at radius 2 is 1.80 bits per heavy atom. The Labute approximate surface area is 146 Å². The van der Waals surface area contributed by atoms with Crippen molar-refractivity contribution < 1.29 is 18.7 Å². The Kier molecular flexibility index (Phi) is 5.20. The Bertz CT molecular complexity index is 626. The number of likely N-dealkylation sites (tertiary alicyclic amines) is 2. The van der Waals surface area contributed by atoms with E-state index in [0.29, 0.717) is 19.5 Å². The predicted molar refractivity (Wildman–Crippen MR) is 92.2 cm³/mol. The first-order chi connectivity index (χ1) is 11.9. The average molecular weight is 350 g/mol. The monoisotopic (exact) mass is 350 g/mol. The van der Waals surface area contributed by atoms with E-state index in [9.17, 15) is 18.7 Å². The Morgan fingerprint density at radius 3 is 2.48 bits per heavy atom. The number of alkyl halides is 2. The van der Waals surface area contributed by atoms with E-state index in [1.165, 1.54) is 6.08 Å². The maximum absolute atomic E-state index is 13.2. The number of nitrogens with zero attached hydrogens (tertiary/aromatic N) is 2. The summed E-state index contributed by atoms with van der Waals surface area (Å²) in [5.74, 6) is -2.72. The van der Waals surface area contributed by atoms with E-state index in [4.69, 9.17) is 0 Å². The highest BCUT2D eigenvalue weighted by atomic mass is 19.3. The highest BCUT2D eigenvalue weighted by Gasteiger charge is 2.41. The molecule has 0 spiro atoms. The van der Waals surface area contributed by atoms with E-state index < -0.39 is 11.5 Å². The summed E-state index contributed by atoms with van der Waals surface area (Å²) in [4.78, 5) is 15.8. The number of β-amino-alcohol motifs (C(OH)–C–C–N with tert-alkyl or cyclic N) is 1. The van der Waals surface area contributed by atoms with Crippen molar-refractivity contribution in [1.82, 2.24) is 9.80 Å². The fraction of sp³-hybridized carbons (Fsp3) is 0.526. The molecule has 0 aromatic heterocycles. The molecule has 1 aromatic rings. The molecule has 1 atom stereocenters. The lowest BCUT2D eigenvalue weighted by Gasteiger charge is -2.36. The van der Waals surface area contributed by atoms with Crippen LogP contribution in [-0.2, 0) is 4.79 Å². The van der Waals surface area contributed by atoms with Gasteiger partial charge in [0.15, 0.2) is 0 Å². The molecule has 0 unspecified atom stereocenters. The molecule has 0 radical (unpaired) electrons. The van der Waals surface area contributed by atoms with Crippen molar-refractivity contribution >= 4 is 12.0 Å². The molecule has 6 heteroatoms. The topological polar surface area (TPSA) is 43.8 Å². The van der Waals surface area contributed by atoms with Gasteiger partial charge in [-0.1, -0.05) is 30.3 Å². The number of piperidine rings is 1. The van der Waals surface area contributed by atoms with Gasteiger partial charge in [-0.15, -0.1) is 0 Å². The normalized spacial score (nSPS) is 27.1. The molecule has 1 N–H and O–H groups in total. The van der Waals surface area contributed by atoms with E-state index in [1.807, 2.05) is 35.2 Å². The standard InChI is InChI=1S/C19H24F2N2O2/c20-19(21)9-11-22(12-10-19)14-18(25)8-13-23(15-18)17(24)7-6-16-4-2-1-3-5-16/h1-7,25H,8-15H2/b7-6+/t18-/m0/s1. The number of hydrogen-bond donors (Lipinski definition) is 1. The van der Waals surface area contributed by atoms with Crippen molar-refractivity contribution in [2.45, 2.75) is 30.8 Å². The third kappa shape index (κ3) is 4.86. The molecular formula is C19H24F2N2O2. The van der Waals surface area contributed by atoms with Crippen molar-refractivity contribution in [2.75, 3.05) is 32.7 Å². The number of hydrogen-bond acceptors (Lipinski definition) is 3. The molecule has 0 aliphatic carbocycles. The van der Waals surface area contributed by atoms with Crippen molar-refractivity contribution in [3.8, 4) is 0 Å². The molecule has 25 heavy (non-hydrogen) atoms. The van der Waals surface area contributed by atoms with Crippen LogP contribution in [0.5, 0.6) is 0 Å². The van der Waals surface area contributed by atoms with E-state index in [1.54, 1.807) is 11.0 Å². The summed E-state index contributed by atoms with van der Waals surface area (Å²) in [5.41, 5.74) is -0.0670. The van der Waals surface area contributed by atoms with Gasteiger partial charge >= 0.3 is 0 Å². The molecule has 0 bridgehead atoms. The van der Waals surface area contributed by atoms with Crippen LogP contribution in [0.3, 0.4) is 0 Å². The maximum Gasteiger partial charge on any atom is 0.250 e. The van der Waals surface area contributed by atoms with Gasteiger partial charge in [0.05, 0.1) is 12.1 Å². The minimum atomic E-state index is -2.58. The minimum absolute atomic E-state index is 0.134. The van der Waals surface area contributed by atoms with Gasteiger partial charge in [0.1, 0.15) is 0 Å². The first kappa shape index (κ1) is 18.0. The highest BCUT2D eigenvalue weighted by molar-refractivity contribution is 5.92. The van der Waals surface area contributed by atoms with E-state index in [2.05, 4.69) is 0 Å². The summed E-state index contributed by atoms with van der Waals surface area (Å²) in [7, 11) is 0. The quantitative estimate of drug-likeness (QED) is 0.848. The fourth-order valence-electron chi connectivity index (χ4n) is 3.47. The Balaban J connectivity index is 1.52. The molecule has 136 valence electrons. The van der Waals surface area contributed by atoms with Crippen LogP contribution in [0.2, 0.25) is 0 Å². The number of benzene rings is 1. The second-order valence-corrected chi connectivity index (χ2v) is 7.11. The van der Waals surface area contributed by atoms with E-state index in [-0.39, 0.29) is 38.4 Å². The first-order valence-electron chi connectivity index (χ1n) is 8.70. The van der Waals surface area contributed by atoms with Crippen LogP contribution in [0.1, 0.15) is 24.8 Å². The lowest BCUT2D eigenvalue weighted by Crippen LogP contribution is -2.49. The number of amides is 1. The molecule has 2 aliphatic heterocycles. The second kappa shape index (κ2) is 7.22. The minimum Gasteiger partial charge on any atom is -0.387 e. The molecule has 0 saturated carbocycles.